The number of carbonyl (C=O) groups excluding carboxylic acids is 4. The lowest BCUT2D eigenvalue weighted by Crippen LogP contribution is -2.59. The van der Waals surface area contributed by atoms with E-state index in [1.165, 1.54) is 4.90 Å². The molecule has 0 saturated carbocycles. The van der Waals surface area contributed by atoms with Gasteiger partial charge in [0, 0.05) is 23.5 Å². The van der Waals surface area contributed by atoms with Gasteiger partial charge >= 0.3 is 5.97 Å². The first-order valence-corrected chi connectivity index (χ1v) is 19.7. The fourth-order valence-electron chi connectivity index (χ4n) is 8.71. The van der Waals surface area contributed by atoms with Crippen LogP contribution in [0.3, 0.4) is 0 Å². The number of nitrogens with zero attached hydrogens (tertiary/aromatic N) is 2. The second kappa shape index (κ2) is 16.6. The van der Waals surface area contributed by atoms with Crippen molar-refractivity contribution in [1.29, 1.82) is 0 Å². The molecule has 3 saturated heterocycles. The number of benzene rings is 3. The molecule has 3 aromatic carbocycles. The number of rotatable bonds is 16. The summed E-state index contributed by atoms with van der Waals surface area (Å²) >= 11 is 3.76. The molecule has 3 aromatic rings. The molecule has 1 unspecified atom stereocenters. The van der Waals surface area contributed by atoms with Crippen LogP contribution in [0, 0.1) is 17.8 Å². The highest BCUT2D eigenvalue weighted by Crippen LogP contribution is 2.61. The number of amides is 3. The first-order valence-electron chi connectivity index (χ1n) is 18.8. The van der Waals surface area contributed by atoms with Gasteiger partial charge in [-0.1, -0.05) is 103 Å². The summed E-state index contributed by atoms with van der Waals surface area (Å²) in [6, 6.07) is 20.3. The zero-order valence-electron chi connectivity index (χ0n) is 31.1. The lowest BCUT2D eigenvalue weighted by Gasteiger charge is -2.39. The van der Waals surface area contributed by atoms with Crippen LogP contribution in [0.1, 0.15) is 58.1 Å². The highest BCUT2D eigenvalue weighted by molar-refractivity contribution is 9.09. The maximum absolute atomic E-state index is 15.2. The number of nitrogens with one attached hydrogen (secondary N) is 1. The summed E-state index contributed by atoms with van der Waals surface area (Å²) < 4.78 is 13.1. The van der Waals surface area contributed by atoms with Gasteiger partial charge in [0.1, 0.15) is 17.7 Å². The number of hydrogen-bond donors (Lipinski definition) is 2. The lowest BCUT2D eigenvalue weighted by atomic mass is 9.70. The average molecular weight is 801 g/mol. The van der Waals surface area contributed by atoms with Gasteiger partial charge in [0.2, 0.25) is 11.8 Å². The molecule has 0 aromatic heterocycles. The Balaban J connectivity index is 1.39. The van der Waals surface area contributed by atoms with Gasteiger partial charge in [-0.25, -0.2) is 0 Å². The molecule has 0 aliphatic carbocycles. The molecule has 11 heteroatoms. The molecule has 3 heterocycles. The number of hydrogen-bond acceptors (Lipinski definition) is 7. The third-order valence-corrected chi connectivity index (χ3v) is 11.8. The Labute approximate surface area is 325 Å². The number of esters is 1. The van der Waals surface area contributed by atoms with Crippen molar-refractivity contribution in [3.63, 3.8) is 0 Å². The Morgan fingerprint density at radius 2 is 1.76 bits per heavy atom. The molecule has 3 aliphatic rings. The van der Waals surface area contributed by atoms with Crippen LogP contribution in [0.2, 0.25) is 0 Å². The first kappa shape index (κ1) is 39.4. The van der Waals surface area contributed by atoms with Gasteiger partial charge in [0.15, 0.2) is 0 Å². The van der Waals surface area contributed by atoms with Crippen molar-refractivity contribution in [2.24, 2.45) is 17.8 Å². The van der Waals surface area contributed by atoms with Crippen LogP contribution in [-0.4, -0.2) is 81.5 Å². The Morgan fingerprint density at radius 1 is 1.06 bits per heavy atom. The Bertz CT molecular complexity index is 1890. The van der Waals surface area contributed by atoms with E-state index in [0.717, 1.165) is 10.8 Å². The van der Waals surface area contributed by atoms with Crippen molar-refractivity contribution >= 4 is 56.1 Å². The summed E-state index contributed by atoms with van der Waals surface area (Å²) in [7, 11) is 0. The minimum atomic E-state index is -1.38. The molecule has 54 heavy (non-hydrogen) atoms. The molecule has 3 aliphatic heterocycles. The van der Waals surface area contributed by atoms with Crippen molar-refractivity contribution in [3.05, 3.63) is 104 Å². The number of fused-ring (bicyclic) bond motifs is 2. The van der Waals surface area contributed by atoms with Crippen molar-refractivity contribution in [2.75, 3.05) is 18.1 Å². The number of likely N-dealkylation sites (tertiary alicyclic amines) is 1. The number of aliphatic hydroxyl groups excluding tert-OH is 1. The SMILES string of the molecule is C=CCCC(=O)N[C@@H](C)[C@H](OC(=O)[C@@H]1[C@H]2O[C@@]3(CC2Br)[C@H](C(=O)N(CC=C)c2ccc4ccccc4c2)N([C@@H](CO)CC(C)C)C(=O)[C@@H]13)c1ccccc1. The molecule has 10 nitrogen and oxygen atoms in total. The van der Waals surface area contributed by atoms with Crippen LogP contribution in [0.4, 0.5) is 5.69 Å². The predicted octanol–water partition coefficient (Wildman–Crippen LogP) is 6.27. The normalized spacial score (nSPS) is 25.9. The standard InChI is InChI=1S/C43H50BrN3O7/c1-6-8-18-34(49)45-27(5)37(29-15-10-9-11-16-29)53-42(52)35-36-40(50)47(32(25-48)22-26(3)4)39(43(36)24-33(44)38(35)54-43)41(51)46(21-7-2)31-20-19-28-14-12-13-17-30(28)23-31/h6-7,9-17,19-20,23,26-27,32-33,35-39,48H,1-2,8,18,21-22,24-25H2,3-5H3,(H,45,49)/t27-,32+,33?,35-,36+,37-,38-,39-,43+/m0/s1. The van der Waals surface area contributed by atoms with E-state index in [9.17, 15) is 19.5 Å². The number of halogens is 1. The Morgan fingerprint density at radius 3 is 2.43 bits per heavy atom. The summed E-state index contributed by atoms with van der Waals surface area (Å²) in [6.45, 7) is 13.2. The molecule has 286 valence electrons. The van der Waals surface area contributed by atoms with E-state index in [1.54, 1.807) is 24.0 Å². The molecule has 0 radical (unpaired) electrons. The molecular formula is C43H50BrN3O7. The minimum absolute atomic E-state index is 0.0881. The van der Waals surface area contributed by atoms with E-state index in [4.69, 9.17) is 9.47 Å². The largest absolute Gasteiger partial charge is 0.455 e. The van der Waals surface area contributed by atoms with E-state index >= 15 is 4.79 Å². The van der Waals surface area contributed by atoms with Crippen molar-refractivity contribution in [3.8, 4) is 0 Å². The van der Waals surface area contributed by atoms with Gasteiger partial charge in [0.25, 0.3) is 5.91 Å². The number of alkyl halides is 1. The van der Waals surface area contributed by atoms with E-state index in [-0.39, 0.29) is 42.1 Å². The van der Waals surface area contributed by atoms with Gasteiger partial charge in [0.05, 0.1) is 36.6 Å². The van der Waals surface area contributed by atoms with Gasteiger partial charge < -0.3 is 29.7 Å². The van der Waals surface area contributed by atoms with Crippen molar-refractivity contribution < 1.29 is 33.8 Å². The third-order valence-electron chi connectivity index (χ3n) is 11.0. The van der Waals surface area contributed by atoms with Crippen LogP contribution >= 0.6 is 15.9 Å². The number of ether oxygens (including phenoxy) is 2. The summed E-state index contributed by atoms with van der Waals surface area (Å²) in [6.07, 6.45) is 3.14. The molecule has 2 N–H and O–H groups in total. The second-order valence-electron chi connectivity index (χ2n) is 15.1. The van der Waals surface area contributed by atoms with E-state index < -0.39 is 59.6 Å². The first-order chi connectivity index (χ1) is 25.9. The van der Waals surface area contributed by atoms with Crippen molar-refractivity contribution in [1.82, 2.24) is 10.2 Å². The van der Waals surface area contributed by atoms with Gasteiger partial charge in [-0.05, 0) is 60.6 Å². The fourth-order valence-corrected chi connectivity index (χ4v) is 9.66. The molecule has 6 rings (SSSR count). The van der Waals surface area contributed by atoms with E-state index in [0.29, 0.717) is 30.5 Å². The average Bonchev–Trinajstić information content (AvgIpc) is 3.76. The highest BCUT2D eigenvalue weighted by Gasteiger charge is 2.77. The molecular weight excluding hydrogens is 750 g/mol. The Hall–Kier alpha value is -4.32. The molecule has 9 atom stereocenters. The van der Waals surface area contributed by atoms with Crippen LogP contribution in [0.15, 0.2) is 98.1 Å². The quantitative estimate of drug-likeness (QED) is 0.0995. The lowest BCUT2D eigenvalue weighted by molar-refractivity contribution is -0.162. The predicted molar refractivity (Wildman–Crippen MR) is 212 cm³/mol. The molecule has 1 spiro atoms. The number of allylic oxidation sites excluding steroid dienone is 1. The zero-order valence-corrected chi connectivity index (χ0v) is 32.7. The highest BCUT2D eigenvalue weighted by atomic mass is 79.9. The minimum Gasteiger partial charge on any atom is -0.455 e. The van der Waals surface area contributed by atoms with Crippen LogP contribution < -0.4 is 10.2 Å². The summed E-state index contributed by atoms with van der Waals surface area (Å²) in [5, 5.41) is 15.7. The zero-order chi connectivity index (χ0) is 38.7. The monoisotopic (exact) mass is 799 g/mol. The van der Waals surface area contributed by atoms with Gasteiger partial charge in [-0.3, -0.25) is 19.2 Å². The number of carbonyl (C=O) groups is 4. The second-order valence-corrected chi connectivity index (χ2v) is 16.3. The van der Waals surface area contributed by atoms with Gasteiger partial charge in [-0.15, -0.1) is 13.2 Å². The van der Waals surface area contributed by atoms with E-state index in [2.05, 4.69) is 34.4 Å². The third kappa shape index (κ3) is 7.38. The van der Waals surface area contributed by atoms with Crippen LogP contribution in [-0.2, 0) is 28.7 Å². The summed E-state index contributed by atoms with van der Waals surface area (Å²) in [5.74, 6) is -3.68. The van der Waals surface area contributed by atoms with Crippen LogP contribution in [0.25, 0.3) is 10.8 Å². The van der Waals surface area contributed by atoms with Gasteiger partial charge in [-0.2, -0.15) is 0 Å². The topological polar surface area (TPSA) is 125 Å². The maximum atomic E-state index is 15.2. The Kier molecular flexibility index (Phi) is 12.1. The van der Waals surface area contributed by atoms with Crippen LogP contribution in [0.5, 0.6) is 0 Å². The van der Waals surface area contributed by atoms with Crippen molar-refractivity contribution in [2.45, 2.75) is 87.2 Å². The number of anilines is 1. The summed E-state index contributed by atoms with van der Waals surface area (Å²) in [4.78, 5) is 60.3. The maximum Gasteiger partial charge on any atom is 0.313 e. The molecule has 3 fully saturated rings. The van der Waals surface area contributed by atoms with E-state index in [1.807, 2.05) is 86.6 Å². The molecule has 3 amide bonds. The fraction of sp³-hybridized carbons (Fsp3) is 0.442. The number of aliphatic hydroxyl groups is 1. The molecule has 2 bridgehead atoms. The smallest absolute Gasteiger partial charge is 0.313 e. The summed E-state index contributed by atoms with van der Waals surface area (Å²) in [5.41, 5.74) is -0.0786.